The molecule has 0 aliphatic heterocycles. The molecule has 24 heavy (non-hydrogen) atoms. The van der Waals surface area contributed by atoms with E-state index in [0.717, 1.165) is 36.5 Å². The summed E-state index contributed by atoms with van der Waals surface area (Å²) in [6.07, 6.45) is 2.28. The van der Waals surface area contributed by atoms with Gasteiger partial charge in [0.05, 0.1) is 5.75 Å². The summed E-state index contributed by atoms with van der Waals surface area (Å²) in [5.74, 6) is 0.860. The lowest BCUT2D eigenvalue weighted by molar-refractivity contribution is 0.464. The van der Waals surface area contributed by atoms with Crippen LogP contribution in [0.2, 0.25) is 0 Å². The van der Waals surface area contributed by atoms with E-state index in [1.54, 1.807) is 7.05 Å². The Morgan fingerprint density at radius 2 is 1.79 bits per heavy atom. The van der Waals surface area contributed by atoms with Crippen LogP contribution in [-0.4, -0.2) is 47.0 Å². The first-order valence-corrected chi connectivity index (χ1v) is 9.48. The minimum absolute atomic E-state index is 0. The van der Waals surface area contributed by atoms with E-state index < -0.39 is 10.0 Å². The van der Waals surface area contributed by atoms with Crippen molar-refractivity contribution in [3.05, 3.63) is 35.4 Å². The smallest absolute Gasteiger partial charge is 0.215 e. The molecule has 0 spiro atoms. The molecule has 1 aromatic rings. The van der Waals surface area contributed by atoms with Gasteiger partial charge in [-0.05, 0) is 24.6 Å². The summed E-state index contributed by atoms with van der Waals surface area (Å²) >= 11 is 0. The number of halogens is 1. The Kier molecular flexibility index (Phi) is 11.2. The first kappa shape index (κ1) is 23.1. The van der Waals surface area contributed by atoms with E-state index in [1.165, 1.54) is 7.05 Å². The van der Waals surface area contributed by atoms with Gasteiger partial charge in [0.25, 0.3) is 0 Å². The fourth-order valence-electron chi connectivity index (χ4n) is 2.11. The molecule has 1 rings (SSSR count). The van der Waals surface area contributed by atoms with Crippen LogP contribution in [0.3, 0.4) is 0 Å². The number of rotatable bonds is 8. The van der Waals surface area contributed by atoms with Crippen LogP contribution >= 0.6 is 24.0 Å². The fraction of sp³-hybridized carbons (Fsp3) is 0.562. The highest BCUT2D eigenvalue weighted by Crippen LogP contribution is 2.08. The average molecular weight is 468 g/mol. The van der Waals surface area contributed by atoms with Crippen molar-refractivity contribution in [1.29, 1.82) is 0 Å². The second kappa shape index (κ2) is 11.6. The van der Waals surface area contributed by atoms with Crippen LogP contribution in [0.15, 0.2) is 29.3 Å². The van der Waals surface area contributed by atoms with Crippen LogP contribution in [0.4, 0.5) is 0 Å². The molecule has 0 amide bonds. The van der Waals surface area contributed by atoms with Gasteiger partial charge >= 0.3 is 0 Å². The van der Waals surface area contributed by atoms with Gasteiger partial charge in [-0.1, -0.05) is 37.6 Å². The van der Waals surface area contributed by atoms with Crippen LogP contribution in [-0.2, 0) is 22.3 Å². The normalized spacial score (nSPS) is 11.8. The number of nitrogens with one attached hydrogen (secondary N) is 2. The Labute approximate surface area is 163 Å². The van der Waals surface area contributed by atoms with Crippen molar-refractivity contribution >= 4 is 40.0 Å². The molecule has 0 aliphatic carbocycles. The predicted octanol–water partition coefficient (Wildman–Crippen LogP) is 2.16. The first-order valence-electron chi connectivity index (χ1n) is 7.82. The highest BCUT2D eigenvalue weighted by Gasteiger charge is 2.09. The summed E-state index contributed by atoms with van der Waals surface area (Å²) in [5, 5.41) is 3.32. The van der Waals surface area contributed by atoms with E-state index in [0.29, 0.717) is 6.54 Å². The zero-order valence-corrected chi connectivity index (χ0v) is 18.0. The third-order valence-electron chi connectivity index (χ3n) is 3.56. The molecule has 0 radical (unpaired) electrons. The summed E-state index contributed by atoms with van der Waals surface area (Å²) < 4.78 is 25.4. The molecule has 1 aromatic carbocycles. The van der Waals surface area contributed by atoms with Crippen molar-refractivity contribution in [3.63, 3.8) is 0 Å². The second-order valence-corrected chi connectivity index (χ2v) is 7.38. The number of unbranched alkanes of at least 4 members (excludes halogenated alkanes) is 1. The van der Waals surface area contributed by atoms with Gasteiger partial charge in [0.1, 0.15) is 0 Å². The number of hydrogen-bond donors (Lipinski definition) is 2. The molecule has 6 nitrogen and oxygen atoms in total. The second-order valence-electron chi connectivity index (χ2n) is 5.46. The van der Waals surface area contributed by atoms with E-state index in [9.17, 15) is 8.42 Å². The highest BCUT2D eigenvalue weighted by atomic mass is 127. The summed E-state index contributed by atoms with van der Waals surface area (Å²) in [6, 6.07) is 7.56. The molecule has 0 saturated heterocycles. The maximum Gasteiger partial charge on any atom is 0.215 e. The van der Waals surface area contributed by atoms with E-state index >= 15 is 0 Å². The standard InChI is InChI=1S/C16H28N4O2S.HI/c1-5-6-11-20(4)16(17-2)19-12-14-7-9-15(10-8-14)13-23(21,22)18-3;/h7-10,18H,5-6,11-13H2,1-4H3,(H,17,19);1H. The maximum atomic E-state index is 11.5. The lowest BCUT2D eigenvalue weighted by Crippen LogP contribution is -2.38. The third-order valence-corrected chi connectivity index (χ3v) is 4.90. The molecular weight excluding hydrogens is 439 g/mol. The fourth-order valence-corrected chi connectivity index (χ4v) is 2.89. The zero-order chi connectivity index (χ0) is 17.3. The summed E-state index contributed by atoms with van der Waals surface area (Å²) in [5.41, 5.74) is 1.85. The SMILES string of the molecule is CCCCN(C)C(=NC)NCc1ccc(CS(=O)(=O)NC)cc1.I. The quantitative estimate of drug-likeness (QED) is 0.349. The van der Waals surface area contributed by atoms with Gasteiger partial charge < -0.3 is 10.2 Å². The molecule has 2 N–H and O–H groups in total. The highest BCUT2D eigenvalue weighted by molar-refractivity contribution is 14.0. The van der Waals surface area contributed by atoms with Crippen molar-refractivity contribution in [2.45, 2.75) is 32.1 Å². The monoisotopic (exact) mass is 468 g/mol. The van der Waals surface area contributed by atoms with Crippen LogP contribution in [0.1, 0.15) is 30.9 Å². The average Bonchev–Trinajstić information content (AvgIpc) is 2.54. The van der Waals surface area contributed by atoms with Gasteiger partial charge in [0, 0.05) is 27.2 Å². The number of aliphatic imine (C=N–C) groups is 1. The Hall–Kier alpha value is -0.870. The zero-order valence-electron chi connectivity index (χ0n) is 14.9. The van der Waals surface area contributed by atoms with Gasteiger partial charge in [0.2, 0.25) is 10.0 Å². The Balaban J connectivity index is 0.00000529. The van der Waals surface area contributed by atoms with Crippen molar-refractivity contribution in [2.24, 2.45) is 4.99 Å². The largest absolute Gasteiger partial charge is 0.352 e. The van der Waals surface area contributed by atoms with Crippen LogP contribution in [0, 0.1) is 0 Å². The molecule has 0 atom stereocenters. The van der Waals surface area contributed by atoms with Crippen molar-refractivity contribution in [1.82, 2.24) is 14.9 Å². The molecule has 0 unspecified atom stereocenters. The lowest BCUT2D eigenvalue weighted by atomic mass is 10.1. The van der Waals surface area contributed by atoms with Gasteiger partial charge in [0.15, 0.2) is 5.96 Å². The molecule has 0 heterocycles. The van der Waals surface area contributed by atoms with Crippen LogP contribution in [0.5, 0.6) is 0 Å². The maximum absolute atomic E-state index is 11.5. The van der Waals surface area contributed by atoms with Crippen LogP contribution < -0.4 is 10.0 Å². The van der Waals surface area contributed by atoms with Gasteiger partial charge in [-0.3, -0.25) is 4.99 Å². The van der Waals surface area contributed by atoms with Gasteiger partial charge in [-0.25, -0.2) is 13.1 Å². The Morgan fingerprint density at radius 3 is 2.29 bits per heavy atom. The van der Waals surface area contributed by atoms with E-state index in [2.05, 4.69) is 26.9 Å². The number of sulfonamides is 1. The summed E-state index contributed by atoms with van der Waals surface area (Å²) in [7, 11) is 2.00. The third kappa shape index (κ3) is 8.29. The van der Waals surface area contributed by atoms with Crippen molar-refractivity contribution < 1.29 is 8.42 Å². The van der Waals surface area contributed by atoms with Crippen LogP contribution in [0.25, 0.3) is 0 Å². The van der Waals surface area contributed by atoms with E-state index in [1.807, 2.05) is 31.3 Å². The number of benzene rings is 1. The van der Waals surface area contributed by atoms with Gasteiger partial charge in [-0.15, -0.1) is 24.0 Å². The predicted molar refractivity (Wildman–Crippen MR) is 111 cm³/mol. The number of guanidine groups is 1. The number of nitrogens with zero attached hydrogens (tertiary/aromatic N) is 2. The molecule has 0 bridgehead atoms. The first-order chi connectivity index (χ1) is 10.9. The molecular formula is C16H29IN4O2S. The summed E-state index contributed by atoms with van der Waals surface area (Å²) in [4.78, 5) is 6.39. The molecule has 0 aromatic heterocycles. The molecule has 0 fully saturated rings. The molecule has 8 heteroatoms. The lowest BCUT2D eigenvalue weighted by Gasteiger charge is -2.21. The van der Waals surface area contributed by atoms with Crippen molar-refractivity contribution in [3.8, 4) is 0 Å². The minimum atomic E-state index is -3.23. The molecule has 138 valence electrons. The van der Waals surface area contributed by atoms with E-state index in [-0.39, 0.29) is 29.7 Å². The minimum Gasteiger partial charge on any atom is -0.352 e. The molecule has 0 saturated carbocycles. The topological polar surface area (TPSA) is 73.8 Å². The van der Waals surface area contributed by atoms with E-state index in [4.69, 9.17) is 0 Å². The Morgan fingerprint density at radius 1 is 1.21 bits per heavy atom. The molecule has 0 aliphatic rings. The van der Waals surface area contributed by atoms with Crippen molar-refractivity contribution in [2.75, 3.05) is 27.7 Å². The Bertz CT molecular complexity index is 603. The number of hydrogen-bond acceptors (Lipinski definition) is 3. The summed E-state index contributed by atoms with van der Waals surface area (Å²) in [6.45, 7) is 3.79. The van der Waals surface area contributed by atoms with Gasteiger partial charge in [-0.2, -0.15) is 0 Å².